The molecule has 2 heterocycles. The SMILES string of the molecule is Cc1ccc(-c2nn3c(Cc4ccc(F)cc4)nnc3s2)c(C)c1. The van der Waals surface area contributed by atoms with Crippen molar-refractivity contribution in [3.05, 3.63) is 70.8 Å². The lowest BCUT2D eigenvalue weighted by Crippen LogP contribution is -1.98. The number of nitrogens with zero attached hydrogens (tertiary/aromatic N) is 4. The number of rotatable bonds is 3. The maximum absolute atomic E-state index is 13.0. The van der Waals surface area contributed by atoms with Crippen molar-refractivity contribution in [1.29, 1.82) is 0 Å². The Morgan fingerprint density at radius 1 is 1.04 bits per heavy atom. The molecular formula is C18H15FN4S. The summed E-state index contributed by atoms with van der Waals surface area (Å²) < 4.78 is 14.8. The smallest absolute Gasteiger partial charge is 0.207 e. The van der Waals surface area contributed by atoms with E-state index in [1.54, 1.807) is 16.6 Å². The van der Waals surface area contributed by atoms with E-state index in [0.717, 1.165) is 26.9 Å². The van der Waals surface area contributed by atoms with Crippen LogP contribution in [-0.4, -0.2) is 19.8 Å². The second-order valence-electron chi connectivity index (χ2n) is 5.84. The Labute approximate surface area is 142 Å². The minimum Gasteiger partial charge on any atom is -0.207 e. The predicted molar refractivity (Wildman–Crippen MR) is 92.8 cm³/mol. The van der Waals surface area contributed by atoms with Crippen LogP contribution >= 0.6 is 11.3 Å². The molecule has 2 aromatic heterocycles. The zero-order valence-electron chi connectivity index (χ0n) is 13.3. The fourth-order valence-corrected chi connectivity index (χ4v) is 3.66. The van der Waals surface area contributed by atoms with E-state index in [1.807, 2.05) is 0 Å². The van der Waals surface area contributed by atoms with Gasteiger partial charge >= 0.3 is 0 Å². The van der Waals surface area contributed by atoms with E-state index < -0.39 is 0 Å². The van der Waals surface area contributed by atoms with Crippen molar-refractivity contribution in [1.82, 2.24) is 19.8 Å². The lowest BCUT2D eigenvalue weighted by molar-refractivity contribution is 0.627. The highest BCUT2D eigenvalue weighted by Crippen LogP contribution is 2.29. The molecule has 0 saturated heterocycles. The Balaban J connectivity index is 1.71. The Hall–Kier alpha value is -2.60. The summed E-state index contributed by atoms with van der Waals surface area (Å²) in [5, 5.41) is 14.0. The summed E-state index contributed by atoms with van der Waals surface area (Å²) in [7, 11) is 0. The van der Waals surface area contributed by atoms with Gasteiger partial charge in [-0.05, 0) is 37.1 Å². The van der Waals surface area contributed by atoms with E-state index in [9.17, 15) is 4.39 Å². The first-order valence-electron chi connectivity index (χ1n) is 7.63. The van der Waals surface area contributed by atoms with Gasteiger partial charge in [0.25, 0.3) is 0 Å². The van der Waals surface area contributed by atoms with Gasteiger partial charge in [0.2, 0.25) is 4.96 Å². The standard InChI is InChI=1S/C18H15FN4S/c1-11-3-8-15(12(2)9-11)17-22-23-16(20-21-18(23)24-17)10-13-4-6-14(19)7-5-13/h3-9H,10H2,1-2H3. The Kier molecular flexibility index (Phi) is 3.61. The van der Waals surface area contributed by atoms with E-state index in [1.165, 1.54) is 34.6 Å². The first-order valence-corrected chi connectivity index (χ1v) is 8.45. The molecule has 6 heteroatoms. The molecule has 4 aromatic rings. The molecule has 24 heavy (non-hydrogen) atoms. The zero-order valence-corrected chi connectivity index (χ0v) is 14.1. The fraction of sp³-hybridized carbons (Fsp3) is 0.167. The molecule has 0 spiro atoms. The minimum absolute atomic E-state index is 0.240. The molecule has 0 fully saturated rings. The van der Waals surface area contributed by atoms with Gasteiger partial charge in [-0.1, -0.05) is 47.2 Å². The first-order chi connectivity index (χ1) is 11.6. The molecule has 0 amide bonds. The number of halogens is 1. The molecular weight excluding hydrogens is 323 g/mol. The van der Waals surface area contributed by atoms with E-state index >= 15 is 0 Å². The number of aryl methyl sites for hydroxylation is 2. The lowest BCUT2D eigenvalue weighted by atomic mass is 10.1. The van der Waals surface area contributed by atoms with Crippen LogP contribution in [0.5, 0.6) is 0 Å². The molecule has 0 atom stereocenters. The molecule has 0 aliphatic heterocycles. The van der Waals surface area contributed by atoms with Gasteiger partial charge in [0.1, 0.15) is 10.8 Å². The molecule has 4 rings (SSSR count). The molecule has 0 bridgehead atoms. The molecule has 120 valence electrons. The van der Waals surface area contributed by atoms with Crippen LogP contribution < -0.4 is 0 Å². The van der Waals surface area contributed by atoms with Crippen molar-refractivity contribution in [3.8, 4) is 10.6 Å². The van der Waals surface area contributed by atoms with Crippen LogP contribution in [0.25, 0.3) is 15.5 Å². The summed E-state index contributed by atoms with van der Waals surface area (Å²) >= 11 is 1.52. The van der Waals surface area contributed by atoms with Crippen LogP contribution in [-0.2, 0) is 6.42 Å². The zero-order chi connectivity index (χ0) is 16.7. The molecule has 2 aromatic carbocycles. The second kappa shape index (κ2) is 5.79. The van der Waals surface area contributed by atoms with Gasteiger partial charge in [-0.3, -0.25) is 0 Å². The highest BCUT2D eigenvalue weighted by Gasteiger charge is 2.14. The maximum atomic E-state index is 13.0. The van der Waals surface area contributed by atoms with Crippen LogP contribution in [0, 0.1) is 19.7 Å². The van der Waals surface area contributed by atoms with Crippen molar-refractivity contribution in [2.45, 2.75) is 20.3 Å². The van der Waals surface area contributed by atoms with Gasteiger partial charge in [0, 0.05) is 12.0 Å². The minimum atomic E-state index is -0.240. The fourth-order valence-electron chi connectivity index (χ4n) is 2.71. The number of fused-ring (bicyclic) bond motifs is 1. The van der Waals surface area contributed by atoms with Gasteiger partial charge < -0.3 is 0 Å². The highest BCUT2D eigenvalue weighted by molar-refractivity contribution is 7.19. The van der Waals surface area contributed by atoms with Crippen LogP contribution in [0.4, 0.5) is 4.39 Å². The Morgan fingerprint density at radius 2 is 1.83 bits per heavy atom. The van der Waals surface area contributed by atoms with E-state index in [-0.39, 0.29) is 5.82 Å². The monoisotopic (exact) mass is 338 g/mol. The largest absolute Gasteiger partial charge is 0.234 e. The Morgan fingerprint density at radius 3 is 2.58 bits per heavy atom. The first kappa shape index (κ1) is 15.0. The molecule has 0 unspecified atom stereocenters. The van der Waals surface area contributed by atoms with Gasteiger partial charge in [-0.15, -0.1) is 10.2 Å². The van der Waals surface area contributed by atoms with Gasteiger partial charge in [0.15, 0.2) is 5.82 Å². The summed E-state index contributed by atoms with van der Waals surface area (Å²) in [4.78, 5) is 0.766. The van der Waals surface area contributed by atoms with Crippen molar-refractivity contribution in [3.63, 3.8) is 0 Å². The number of aromatic nitrogens is 4. The predicted octanol–water partition coefficient (Wildman–Crippen LogP) is 4.20. The summed E-state index contributed by atoms with van der Waals surface area (Å²) in [6.07, 6.45) is 0.567. The average Bonchev–Trinajstić information content (AvgIpc) is 3.11. The van der Waals surface area contributed by atoms with E-state index in [4.69, 9.17) is 0 Å². The average molecular weight is 338 g/mol. The van der Waals surface area contributed by atoms with Crippen LogP contribution in [0.2, 0.25) is 0 Å². The highest BCUT2D eigenvalue weighted by atomic mass is 32.1. The summed E-state index contributed by atoms with van der Waals surface area (Å²) in [5.74, 6) is 0.514. The van der Waals surface area contributed by atoms with Gasteiger partial charge in [0.05, 0.1) is 0 Å². The molecule has 0 aliphatic carbocycles. The van der Waals surface area contributed by atoms with Crippen molar-refractivity contribution < 1.29 is 4.39 Å². The van der Waals surface area contributed by atoms with Crippen LogP contribution in [0.1, 0.15) is 22.5 Å². The van der Waals surface area contributed by atoms with Crippen LogP contribution in [0.3, 0.4) is 0 Å². The molecule has 0 N–H and O–H groups in total. The van der Waals surface area contributed by atoms with Crippen molar-refractivity contribution >= 4 is 16.3 Å². The summed E-state index contributed by atoms with van der Waals surface area (Å²) in [6.45, 7) is 4.17. The molecule has 0 saturated carbocycles. The van der Waals surface area contributed by atoms with Crippen molar-refractivity contribution in [2.24, 2.45) is 0 Å². The van der Waals surface area contributed by atoms with Gasteiger partial charge in [-0.25, -0.2) is 4.39 Å². The normalized spacial score (nSPS) is 11.3. The topological polar surface area (TPSA) is 43.1 Å². The third kappa shape index (κ3) is 2.69. The summed E-state index contributed by atoms with van der Waals surface area (Å²) in [5.41, 5.74) is 4.52. The quantitative estimate of drug-likeness (QED) is 0.562. The maximum Gasteiger partial charge on any atom is 0.234 e. The third-order valence-electron chi connectivity index (χ3n) is 3.94. The molecule has 0 aliphatic rings. The molecule has 0 radical (unpaired) electrons. The number of hydrogen-bond donors (Lipinski definition) is 0. The van der Waals surface area contributed by atoms with E-state index in [2.05, 4.69) is 47.3 Å². The number of benzene rings is 2. The van der Waals surface area contributed by atoms with Crippen molar-refractivity contribution in [2.75, 3.05) is 0 Å². The number of hydrogen-bond acceptors (Lipinski definition) is 4. The lowest BCUT2D eigenvalue weighted by Gasteiger charge is -2.02. The molecule has 4 nitrogen and oxygen atoms in total. The van der Waals surface area contributed by atoms with Crippen LogP contribution in [0.15, 0.2) is 42.5 Å². The Bertz CT molecular complexity index is 1020. The van der Waals surface area contributed by atoms with Gasteiger partial charge in [-0.2, -0.15) is 9.61 Å². The third-order valence-corrected chi connectivity index (χ3v) is 4.88. The second-order valence-corrected chi connectivity index (χ2v) is 6.80. The summed E-state index contributed by atoms with van der Waals surface area (Å²) in [6, 6.07) is 12.8. The van der Waals surface area contributed by atoms with E-state index in [0.29, 0.717) is 6.42 Å².